The zero-order valence-electron chi connectivity index (χ0n) is 9.92. The van der Waals surface area contributed by atoms with Crippen LogP contribution in [-0.2, 0) is 10.8 Å². The minimum Gasteiger partial charge on any atom is -0.301 e. The third-order valence-corrected chi connectivity index (χ3v) is 6.49. The van der Waals surface area contributed by atoms with Crippen LogP contribution in [0.15, 0.2) is 0 Å². The summed E-state index contributed by atoms with van der Waals surface area (Å²) in [6, 6.07) is 0. The minimum atomic E-state index is -0.536. The molecule has 2 nitrogen and oxygen atoms in total. The van der Waals surface area contributed by atoms with Crippen LogP contribution in [-0.4, -0.2) is 45.6 Å². The first-order chi connectivity index (χ1) is 7.74. The lowest BCUT2D eigenvalue weighted by atomic mass is 9.75. The van der Waals surface area contributed by atoms with Gasteiger partial charge in [-0.05, 0) is 18.3 Å². The van der Waals surface area contributed by atoms with Gasteiger partial charge in [0.2, 0.25) is 0 Å². The van der Waals surface area contributed by atoms with E-state index < -0.39 is 10.8 Å². The van der Waals surface area contributed by atoms with Crippen LogP contribution >= 0.6 is 15.9 Å². The number of nitrogens with zero attached hydrogens (tertiary/aromatic N) is 1. The first-order valence-electron chi connectivity index (χ1n) is 6.37. The van der Waals surface area contributed by atoms with Crippen molar-refractivity contribution in [1.82, 2.24) is 4.90 Å². The molecule has 1 saturated heterocycles. The summed E-state index contributed by atoms with van der Waals surface area (Å²) in [5, 5.41) is 1.14. The van der Waals surface area contributed by atoms with E-state index in [1.165, 1.54) is 38.6 Å². The molecule has 1 aliphatic carbocycles. The smallest absolute Gasteiger partial charge is 0.0363 e. The van der Waals surface area contributed by atoms with E-state index >= 15 is 0 Å². The molecule has 0 atom stereocenters. The standard InChI is InChI=1S/C12H22BrNOS/c13-10-12(4-2-1-3-5-12)11-14-6-8-16(15)9-7-14/h1-11H2. The molecule has 2 aliphatic rings. The third-order valence-electron chi connectivity index (χ3n) is 4.03. The van der Waals surface area contributed by atoms with E-state index in [4.69, 9.17) is 0 Å². The maximum atomic E-state index is 11.3. The van der Waals surface area contributed by atoms with Crippen molar-refractivity contribution in [3.8, 4) is 0 Å². The van der Waals surface area contributed by atoms with E-state index in [9.17, 15) is 4.21 Å². The van der Waals surface area contributed by atoms with Gasteiger partial charge in [-0.1, -0.05) is 35.2 Å². The normalized spacial score (nSPS) is 28.1. The van der Waals surface area contributed by atoms with E-state index in [2.05, 4.69) is 20.8 Å². The van der Waals surface area contributed by atoms with E-state index in [0.29, 0.717) is 5.41 Å². The monoisotopic (exact) mass is 307 g/mol. The van der Waals surface area contributed by atoms with Gasteiger partial charge in [-0.3, -0.25) is 4.21 Å². The van der Waals surface area contributed by atoms with Crippen molar-refractivity contribution in [3.63, 3.8) is 0 Å². The first kappa shape index (κ1) is 13.0. The Kier molecular flexibility index (Phi) is 4.86. The maximum absolute atomic E-state index is 11.3. The summed E-state index contributed by atoms with van der Waals surface area (Å²) in [6.45, 7) is 3.30. The average Bonchev–Trinajstić information content (AvgIpc) is 2.33. The van der Waals surface area contributed by atoms with Crippen molar-refractivity contribution < 1.29 is 4.21 Å². The van der Waals surface area contributed by atoms with Crippen LogP contribution in [0.5, 0.6) is 0 Å². The van der Waals surface area contributed by atoms with E-state index in [1.807, 2.05) is 0 Å². The van der Waals surface area contributed by atoms with Crippen LogP contribution < -0.4 is 0 Å². The second kappa shape index (κ2) is 5.96. The lowest BCUT2D eigenvalue weighted by molar-refractivity contribution is 0.134. The summed E-state index contributed by atoms with van der Waals surface area (Å²) in [6.07, 6.45) is 6.95. The number of alkyl halides is 1. The van der Waals surface area contributed by atoms with Crippen LogP contribution in [0.4, 0.5) is 0 Å². The lowest BCUT2D eigenvalue weighted by Crippen LogP contribution is -2.46. The highest BCUT2D eigenvalue weighted by molar-refractivity contribution is 9.09. The van der Waals surface area contributed by atoms with Crippen LogP contribution in [0.3, 0.4) is 0 Å². The second-order valence-corrected chi connectivity index (χ2v) is 7.58. The molecule has 16 heavy (non-hydrogen) atoms. The lowest BCUT2D eigenvalue weighted by Gasteiger charge is -2.41. The zero-order valence-corrected chi connectivity index (χ0v) is 12.3. The number of hydrogen-bond acceptors (Lipinski definition) is 2. The van der Waals surface area contributed by atoms with Crippen LogP contribution in [0, 0.1) is 5.41 Å². The van der Waals surface area contributed by atoms with E-state index in [-0.39, 0.29) is 0 Å². The molecule has 2 rings (SSSR count). The molecule has 0 aromatic heterocycles. The van der Waals surface area contributed by atoms with Gasteiger partial charge in [0.05, 0.1) is 0 Å². The third kappa shape index (κ3) is 3.30. The summed E-state index contributed by atoms with van der Waals surface area (Å²) in [4.78, 5) is 2.54. The van der Waals surface area contributed by atoms with Crippen LogP contribution in [0.25, 0.3) is 0 Å². The predicted octanol–water partition coefficient (Wildman–Crippen LogP) is 2.40. The van der Waals surface area contributed by atoms with Gasteiger partial charge >= 0.3 is 0 Å². The van der Waals surface area contributed by atoms with Crippen molar-refractivity contribution in [3.05, 3.63) is 0 Å². The Hall–Kier alpha value is 0.590. The molecule has 0 bridgehead atoms. The van der Waals surface area contributed by atoms with Gasteiger partial charge in [0.25, 0.3) is 0 Å². The van der Waals surface area contributed by atoms with Gasteiger partial charge < -0.3 is 4.90 Å². The molecule has 1 saturated carbocycles. The van der Waals surface area contributed by atoms with E-state index in [1.54, 1.807) is 0 Å². The van der Waals surface area contributed by atoms with Crippen molar-refractivity contribution in [2.24, 2.45) is 5.41 Å². The van der Waals surface area contributed by atoms with Crippen LogP contribution in [0.1, 0.15) is 32.1 Å². The number of rotatable bonds is 3. The van der Waals surface area contributed by atoms with Gasteiger partial charge in [-0.15, -0.1) is 0 Å². The molecule has 0 N–H and O–H groups in total. The number of hydrogen-bond donors (Lipinski definition) is 0. The largest absolute Gasteiger partial charge is 0.301 e. The maximum Gasteiger partial charge on any atom is 0.0363 e. The highest BCUT2D eigenvalue weighted by atomic mass is 79.9. The highest BCUT2D eigenvalue weighted by Crippen LogP contribution is 2.38. The van der Waals surface area contributed by atoms with Crippen molar-refractivity contribution in [2.75, 3.05) is 36.5 Å². The Morgan fingerprint density at radius 2 is 1.75 bits per heavy atom. The Morgan fingerprint density at radius 3 is 2.31 bits per heavy atom. The highest BCUT2D eigenvalue weighted by Gasteiger charge is 2.33. The fourth-order valence-electron chi connectivity index (χ4n) is 2.94. The van der Waals surface area contributed by atoms with Crippen molar-refractivity contribution >= 4 is 26.7 Å². The first-order valence-corrected chi connectivity index (χ1v) is 8.98. The Bertz CT molecular complexity index is 243. The molecule has 0 aromatic rings. The van der Waals surface area contributed by atoms with Gasteiger partial charge in [-0.25, -0.2) is 0 Å². The zero-order chi connectivity index (χ0) is 11.4. The molecule has 94 valence electrons. The van der Waals surface area contributed by atoms with Crippen LogP contribution in [0.2, 0.25) is 0 Å². The fraction of sp³-hybridized carbons (Fsp3) is 1.00. The molecule has 1 heterocycles. The summed E-state index contributed by atoms with van der Waals surface area (Å²) >= 11 is 3.72. The summed E-state index contributed by atoms with van der Waals surface area (Å²) in [5.41, 5.74) is 0.511. The molecule has 2 fully saturated rings. The molecule has 0 aromatic carbocycles. The predicted molar refractivity (Wildman–Crippen MR) is 73.6 cm³/mol. The van der Waals surface area contributed by atoms with E-state index in [0.717, 1.165) is 29.9 Å². The Labute approximate surface area is 110 Å². The molecular weight excluding hydrogens is 286 g/mol. The Morgan fingerprint density at radius 1 is 1.12 bits per heavy atom. The second-order valence-electron chi connectivity index (χ2n) is 5.32. The summed E-state index contributed by atoms with van der Waals surface area (Å²) in [7, 11) is -0.536. The summed E-state index contributed by atoms with van der Waals surface area (Å²) < 4.78 is 11.3. The molecule has 0 radical (unpaired) electrons. The van der Waals surface area contributed by atoms with Gasteiger partial charge in [-0.2, -0.15) is 0 Å². The average molecular weight is 308 g/mol. The van der Waals surface area contributed by atoms with Gasteiger partial charge in [0.15, 0.2) is 0 Å². The molecule has 4 heteroatoms. The fourth-order valence-corrected chi connectivity index (χ4v) is 4.81. The van der Waals surface area contributed by atoms with Gasteiger partial charge in [0.1, 0.15) is 0 Å². The number of halogens is 1. The Balaban J connectivity index is 1.88. The van der Waals surface area contributed by atoms with Gasteiger partial charge in [0, 0.05) is 47.3 Å². The molecule has 0 amide bonds. The summed E-state index contributed by atoms with van der Waals surface area (Å²) in [5.74, 6) is 1.77. The molecule has 0 spiro atoms. The molecular formula is C12H22BrNOS. The quantitative estimate of drug-likeness (QED) is 0.746. The topological polar surface area (TPSA) is 20.3 Å². The molecule has 1 aliphatic heterocycles. The van der Waals surface area contributed by atoms with Crippen molar-refractivity contribution in [2.45, 2.75) is 32.1 Å². The molecule has 0 unspecified atom stereocenters. The minimum absolute atomic E-state index is 0.511. The van der Waals surface area contributed by atoms with Crippen molar-refractivity contribution in [1.29, 1.82) is 0 Å². The SMILES string of the molecule is O=S1CCN(CC2(CBr)CCCCC2)CC1.